The molecule has 212 valence electrons. The van der Waals surface area contributed by atoms with Crippen LogP contribution in [0.2, 0.25) is 5.02 Å². The molecule has 1 saturated carbocycles. The Morgan fingerprint density at radius 1 is 1.05 bits per heavy atom. The van der Waals surface area contributed by atoms with E-state index in [-0.39, 0.29) is 24.1 Å². The molecule has 3 fully saturated rings. The minimum absolute atomic E-state index is 0.0346. The van der Waals surface area contributed by atoms with Crippen LogP contribution in [0.5, 0.6) is 5.75 Å². The molecule has 11 heteroatoms. The number of halogens is 1. The first-order valence-corrected chi connectivity index (χ1v) is 14.2. The zero-order chi connectivity index (χ0) is 28.4. The number of fused-ring (bicyclic) bond motifs is 1. The molecule has 1 aromatic heterocycles. The minimum atomic E-state index is -0.499. The lowest BCUT2D eigenvalue weighted by molar-refractivity contribution is 0.0282. The fourth-order valence-corrected chi connectivity index (χ4v) is 5.91. The van der Waals surface area contributed by atoms with Crippen LogP contribution in [-0.2, 0) is 4.74 Å². The van der Waals surface area contributed by atoms with Crippen LogP contribution in [0.15, 0.2) is 30.6 Å². The van der Waals surface area contributed by atoms with Gasteiger partial charge in [-0.05, 0) is 58.6 Å². The molecule has 1 N–H and O–H groups in total. The Morgan fingerprint density at radius 2 is 1.75 bits per heavy atom. The van der Waals surface area contributed by atoms with Gasteiger partial charge in [-0.15, -0.1) is 0 Å². The molecule has 2 aliphatic heterocycles. The van der Waals surface area contributed by atoms with Gasteiger partial charge in [0.2, 0.25) is 0 Å². The minimum Gasteiger partial charge on any atom is -0.490 e. The van der Waals surface area contributed by atoms with Crippen LogP contribution in [0.25, 0.3) is 0 Å². The van der Waals surface area contributed by atoms with Gasteiger partial charge in [-0.3, -0.25) is 4.79 Å². The number of benzene rings is 1. The second kappa shape index (κ2) is 11.5. The molecule has 2 unspecified atom stereocenters. The molecule has 2 amide bonds. The summed E-state index contributed by atoms with van der Waals surface area (Å²) >= 11 is 6.11. The number of nitrogens with one attached hydrogen (secondary N) is 1. The maximum Gasteiger partial charge on any atom is 0.410 e. The van der Waals surface area contributed by atoms with E-state index in [4.69, 9.17) is 26.3 Å². The van der Waals surface area contributed by atoms with Gasteiger partial charge in [0, 0.05) is 50.1 Å². The van der Waals surface area contributed by atoms with Crippen LogP contribution in [-0.4, -0.2) is 70.8 Å². The van der Waals surface area contributed by atoms with E-state index in [1.807, 2.05) is 26.8 Å². The van der Waals surface area contributed by atoms with Gasteiger partial charge in [-0.1, -0.05) is 11.6 Å². The van der Waals surface area contributed by atoms with E-state index >= 15 is 0 Å². The number of nitriles is 1. The summed E-state index contributed by atoms with van der Waals surface area (Å²) in [5, 5.41) is 12.5. The fourth-order valence-electron chi connectivity index (χ4n) is 5.69. The van der Waals surface area contributed by atoms with E-state index < -0.39 is 5.60 Å². The molecule has 10 nitrogen and oxygen atoms in total. The van der Waals surface area contributed by atoms with Gasteiger partial charge in [0.1, 0.15) is 28.9 Å². The van der Waals surface area contributed by atoms with Crippen LogP contribution in [0.4, 0.5) is 10.6 Å². The largest absolute Gasteiger partial charge is 0.490 e. The highest BCUT2D eigenvalue weighted by Crippen LogP contribution is 2.34. The Bertz CT molecular complexity index is 1270. The lowest BCUT2D eigenvalue weighted by atomic mass is 9.93. The molecule has 3 heterocycles. The summed E-state index contributed by atoms with van der Waals surface area (Å²) in [6, 6.07) is 7.18. The maximum atomic E-state index is 12.8. The van der Waals surface area contributed by atoms with Crippen LogP contribution < -0.4 is 15.0 Å². The van der Waals surface area contributed by atoms with Crippen molar-refractivity contribution in [3.05, 3.63) is 46.9 Å². The highest BCUT2D eigenvalue weighted by molar-refractivity contribution is 6.31. The first-order valence-electron chi connectivity index (χ1n) is 13.8. The van der Waals surface area contributed by atoms with Crippen molar-refractivity contribution >= 4 is 29.4 Å². The molecule has 2 saturated heterocycles. The molecule has 0 bridgehead atoms. The summed E-state index contributed by atoms with van der Waals surface area (Å²) in [7, 11) is 0. The number of hydrogen-bond acceptors (Lipinski definition) is 8. The van der Waals surface area contributed by atoms with Crippen LogP contribution in [0.3, 0.4) is 0 Å². The second-order valence-corrected chi connectivity index (χ2v) is 12.3. The number of carbonyl (C=O) groups excluding carboxylic acids is 2. The predicted molar refractivity (Wildman–Crippen MR) is 149 cm³/mol. The molecular formula is C29H35ClN6O4. The van der Waals surface area contributed by atoms with Gasteiger partial charge < -0.3 is 24.6 Å². The van der Waals surface area contributed by atoms with Gasteiger partial charge in [-0.25, -0.2) is 14.8 Å². The van der Waals surface area contributed by atoms with E-state index in [9.17, 15) is 9.59 Å². The number of nitrogens with zero attached hydrogens (tertiary/aromatic N) is 5. The molecule has 0 radical (unpaired) electrons. The average molecular weight is 567 g/mol. The summed E-state index contributed by atoms with van der Waals surface area (Å²) in [6.45, 7) is 8.59. The normalized spacial score (nSPS) is 24.3. The first kappa shape index (κ1) is 28.0. The van der Waals surface area contributed by atoms with Crippen molar-refractivity contribution in [1.29, 1.82) is 5.26 Å². The smallest absolute Gasteiger partial charge is 0.410 e. The number of amides is 2. The summed E-state index contributed by atoms with van der Waals surface area (Å²) in [5.74, 6) is 1.90. The number of rotatable bonds is 5. The highest BCUT2D eigenvalue weighted by atomic mass is 35.5. The highest BCUT2D eigenvalue weighted by Gasteiger charge is 2.43. The third-order valence-corrected chi connectivity index (χ3v) is 8.02. The molecule has 2 aromatic rings. The van der Waals surface area contributed by atoms with Crippen molar-refractivity contribution in [3.8, 4) is 11.8 Å². The van der Waals surface area contributed by atoms with Gasteiger partial charge in [-0.2, -0.15) is 5.26 Å². The lowest BCUT2D eigenvalue weighted by Gasteiger charge is -2.29. The molecule has 1 aromatic carbocycles. The number of hydrogen-bond donors (Lipinski definition) is 1. The number of likely N-dealkylation sites (tertiary alicyclic amines) is 1. The van der Waals surface area contributed by atoms with Crippen molar-refractivity contribution in [2.75, 3.05) is 31.1 Å². The molecule has 0 spiro atoms. The van der Waals surface area contributed by atoms with E-state index in [2.05, 4.69) is 20.2 Å². The molecule has 1 aliphatic carbocycles. The number of anilines is 1. The Balaban J connectivity index is 1.06. The first-order chi connectivity index (χ1) is 19.1. The fraction of sp³-hybridized carbons (Fsp3) is 0.552. The third kappa shape index (κ3) is 6.58. The number of aromatic nitrogens is 2. The van der Waals surface area contributed by atoms with E-state index in [0.717, 1.165) is 44.6 Å². The van der Waals surface area contributed by atoms with Crippen molar-refractivity contribution in [2.24, 2.45) is 11.8 Å². The van der Waals surface area contributed by atoms with Gasteiger partial charge in [0.25, 0.3) is 5.91 Å². The summed E-state index contributed by atoms with van der Waals surface area (Å²) < 4.78 is 11.6. The topological polar surface area (TPSA) is 121 Å². The lowest BCUT2D eigenvalue weighted by Crippen LogP contribution is -2.40. The average Bonchev–Trinajstić information content (AvgIpc) is 3.49. The van der Waals surface area contributed by atoms with E-state index in [1.54, 1.807) is 29.3 Å². The third-order valence-electron chi connectivity index (χ3n) is 7.71. The predicted octanol–water partition coefficient (Wildman–Crippen LogP) is 4.42. The Hall–Kier alpha value is -3.58. The van der Waals surface area contributed by atoms with Crippen molar-refractivity contribution in [3.63, 3.8) is 0 Å². The van der Waals surface area contributed by atoms with Crippen LogP contribution in [0, 0.1) is 23.2 Å². The Labute approximate surface area is 239 Å². The number of ether oxygens (including phenoxy) is 2. The van der Waals surface area contributed by atoms with Crippen LogP contribution >= 0.6 is 11.6 Å². The quantitative estimate of drug-likeness (QED) is 0.564. The zero-order valence-corrected chi connectivity index (χ0v) is 23.9. The van der Waals surface area contributed by atoms with Crippen molar-refractivity contribution < 1.29 is 19.1 Å². The standard InChI is InChI=1S/C29H35ClN6O4/c1-29(2,3)40-28(38)36-16-19-14-35(15-20(19)17-36)26-13-32-25(12-33-26)27(37)34-21-5-8-22(9-6-21)39-23-7-4-18(11-31)24(30)10-23/h4,7,10,12-13,19-22H,5-6,8-9,14-17H2,1-3H3,(H,34,37)/t19?,20?,21-,22-. The Kier molecular flexibility index (Phi) is 8.04. The summed E-state index contributed by atoms with van der Waals surface area (Å²) in [5.41, 5.74) is 0.219. The summed E-state index contributed by atoms with van der Waals surface area (Å²) in [6.07, 6.45) is 6.18. The number of carbonyl (C=O) groups is 2. The molecule has 5 rings (SSSR count). The maximum absolute atomic E-state index is 12.8. The van der Waals surface area contributed by atoms with Crippen molar-refractivity contribution in [2.45, 2.75) is 64.2 Å². The molecule has 2 atom stereocenters. The van der Waals surface area contributed by atoms with E-state index in [0.29, 0.717) is 47.0 Å². The van der Waals surface area contributed by atoms with Gasteiger partial charge >= 0.3 is 6.09 Å². The van der Waals surface area contributed by atoms with Crippen LogP contribution in [0.1, 0.15) is 62.5 Å². The second-order valence-electron chi connectivity index (χ2n) is 11.9. The zero-order valence-electron chi connectivity index (χ0n) is 23.1. The van der Waals surface area contributed by atoms with Crippen molar-refractivity contribution in [1.82, 2.24) is 20.2 Å². The SMILES string of the molecule is CC(C)(C)OC(=O)N1CC2CN(c3cnc(C(=O)N[C@H]4CC[C@H](Oc5ccc(C#N)c(Cl)c5)CC4)cn3)CC2C1. The van der Waals surface area contributed by atoms with E-state index in [1.165, 1.54) is 6.20 Å². The monoisotopic (exact) mass is 566 g/mol. The molecule has 3 aliphatic rings. The van der Waals surface area contributed by atoms with Gasteiger partial charge in [0.05, 0.1) is 29.1 Å². The molecular weight excluding hydrogens is 532 g/mol. The molecule has 40 heavy (non-hydrogen) atoms. The summed E-state index contributed by atoms with van der Waals surface area (Å²) in [4.78, 5) is 38.2. The Morgan fingerprint density at radius 3 is 2.33 bits per heavy atom. The van der Waals surface area contributed by atoms with Gasteiger partial charge in [0.15, 0.2) is 0 Å².